The Bertz CT molecular complexity index is 468. The molecule has 0 saturated carbocycles. The second kappa shape index (κ2) is 3.98. The van der Waals surface area contributed by atoms with Gasteiger partial charge in [-0.3, -0.25) is 4.57 Å². The predicted molar refractivity (Wildman–Crippen MR) is 52.4 cm³/mol. The lowest BCUT2D eigenvalue weighted by Crippen LogP contribution is -2.01. The molecule has 0 aliphatic carbocycles. The van der Waals surface area contributed by atoms with E-state index in [-0.39, 0.29) is 10.8 Å². The van der Waals surface area contributed by atoms with Crippen molar-refractivity contribution in [1.29, 1.82) is 0 Å². The number of hydrogen-bond acceptors (Lipinski definition) is 1. The van der Waals surface area contributed by atoms with Gasteiger partial charge in [0.25, 0.3) is 6.43 Å². The van der Waals surface area contributed by atoms with Crippen molar-refractivity contribution in [3.8, 4) is 5.69 Å². The second-order valence-electron chi connectivity index (χ2n) is 2.83. The Morgan fingerprint density at radius 2 is 2.27 bits per heavy atom. The molecule has 1 aromatic heterocycles. The fraction of sp³-hybridized carbons (Fsp3) is 0.100. The maximum absolute atomic E-state index is 12.5. The molecular formula is C10H6ClF2N2. The van der Waals surface area contributed by atoms with E-state index in [9.17, 15) is 8.78 Å². The van der Waals surface area contributed by atoms with E-state index in [4.69, 9.17) is 11.6 Å². The van der Waals surface area contributed by atoms with Crippen molar-refractivity contribution in [3.63, 3.8) is 0 Å². The highest BCUT2D eigenvalue weighted by Crippen LogP contribution is 2.24. The van der Waals surface area contributed by atoms with Crippen LogP contribution in [-0.2, 0) is 0 Å². The summed E-state index contributed by atoms with van der Waals surface area (Å²) in [5.74, 6) is -0.323. The van der Waals surface area contributed by atoms with Crippen LogP contribution in [0.3, 0.4) is 0 Å². The van der Waals surface area contributed by atoms with Crippen LogP contribution in [0.4, 0.5) is 8.78 Å². The van der Waals surface area contributed by atoms with E-state index < -0.39 is 6.43 Å². The highest BCUT2D eigenvalue weighted by atomic mass is 35.5. The first-order chi connectivity index (χ1) is 7.20. The third-order valence-corrected chi connectivity index (χ3v) is 2.21. The van der Waals surface area contributed by atoms with Gasteiger partial charge >= 0.3 is 0 Å². The Kier molecular flexibility index (Phi) is 2.68. The van der Waals surface area contributed by atoms with Gasteiger partial charge in [0, 0.05) is 18.5 Å². The molecule has 1 aromatic carbocycles. The van der Waals surface area contributed by atoms with Crippen molar-refractivity contribution < 1.29 is 8.78 Å². The standard InChI is InChI=1S/C10H6ClF2N2/c11-7-3-1-2-4-8(7)15-6-5-14-10(15)9(12)13/h1-2,4-6,9H. The Balaban J connectivity index is 2.55. The molecule has 0 fully saturated rings. The molecule has 2 aromatic rings. The Morgan fingerprint density at radius 3 is 2.93 bits per heavy atom. The first-order valence-electron chi connectivity index (χ1n) is 4.18. The summed E-state index contributed by atoms with van der Waals surface area (Å²) in [6.45, 7) is 0. The summed E-state index contributed by atoms with van der Waals surface area (Å²) in [6.07, 6.45) is 0.123. The van der Waals surface area contributed by atoms with Crippen LogP contribution in [0.1, 0.15) is 12.2 Å². The molecule has 0 spiro atoms. The smallest absolute Gasteiger partial charge is 0.295 e. The van der Waals surface area contributed by atoms with Crippen LogP contribution in [0.5, 0.6) is 0 Å². The number of rotatable bonds is 2. The number of hydrogen-bond donors (Lipinski definition) is 0. The maximum atomic E-state index is 12.5. The van der Waals surface area contributed by atoms with Gasteiger partial charge in [-0.05, 0) is 6.07 Å². The summed E-state index contributed by atoms with van der Waals surface area (Å²) in [7, 11) is 0. The molecule has 0 bridgehead atoms. The van der Waals surface area contributed by atoms with Crippen molar-refractivity contribution in [2.45, 2.75) is 6.43 Å². The monoisotopic (exact) mass is 227 g/mol. The molecule has 2 nitrogen and oxygen atoms in total. The lowest BCUT2D eigenvalue weighted by Gasteiger charge is -2.08. The summed E-state index contributed by atoms with van der Waals surface area (Å²) in [5, 5.41) is 0.289. The van der Waals surface area contributed by atoms with Crippen molar-refractivity contribution >= 4 is 11.6 Å². The number of aromatic nitrogens is 2. The van der Waals surface area contributed by atoms with Crippen molar-refractivity contribution in [3.05, 3.63) is 47.5 Å². The van der Waals surface area contributed by atoms with Crippen LogP contribution in [0.15, 0.2) is 30.6 Å². The van der Waals surface area contributed by atoms with Gasteiger partial charge < -0.3 is 0 Å². The number of alkyl halides is 2. The lowest BCUT2D eigenvalue weighted by atomic mass is 10.3. The van der Waals surface area contributed by atoms with E-state index in [1.807, 2.05) is 0 Å². The molecule has 5 heteroatoms. The molecule has 2 rings (SSSR count). The molecule has 1 radical (unpaired) electrons. The zero-order valence-corrected chi connectivity index (χ0v) is 8.25. The fourth-order valence-corrected chi connectivity index (χ4v) is 1.49. The third-order valence-electron chi connectivity index (χ3n) is 1.91. The molecule has 0 saturated heterocycles. The second-order valence-corrected chi connectivity index (χ2v) is 3.20. The molecule has 1 heterocycles. The Labute approximate surface area is 90.1 Å². The quantitative estimate of drug-likeness (QED) is 0.770. The van der Waals surface area contributed by atoms with E-state index >= 15 is 0 Å². The normalized spacial score (nSPS) is 10.9. The van der Waals surface area contributed by atoms with Crippen molar-refractivity contribution in [2.75, 3.05) is 0 Å². The maximum Gasteiger partial charge on any atom is 0.295 e. The minimum absolute atomic E-state index is 0.289. The predicted octanol–water partition coefficient (Wildman–Crippen LogP) is 3.26. The summed E-state index contributed by atoms with van der Waals surface area (Å²) in [5.41, 5.74) is 0.451. The Morgan fingerprint density at radius 1 is 1.47 bits per heavy atom. The number of halogens is 3. The van der Waals surface area contributed by atoms with Gasteiger partial charge in [0.2, 0.25) is 0 Å². The van der Waals surface area contributed by atoms with Gasteiger partial charge in [-0.2, -0.15) is 0 Å². The van der Waals surface area contributed by atoms with Crippen molar-refractivity contribution in [1.82, 2.24) is 9.55 Å². The molecule has 0 aliphatic heterocycles. The van der Waals surface area contributed by atoms with Gasteiger partial charge in [0.15, 0.2) is 5.82 Å². The highest BCUT2D eigenvalue weighted by Gasteiger charge is 2.16. The molecule has 0 aliphatic rings. The van der Waals surface area contributed by atoms with Gasteiger partial charge in [0.1, 0.15) is 0 Å². The van der Waals surface area contributed by atoms with E-state index in [2.05, 4.69) is 11.1 Å². The summed E-state index contributed by atoms with van der Waals surface area (Å²) < 4.78 is 26.3. The fourth-order valence-electron chi connectivity index (χ4n) is 1.27. The summed E-state index contributed by atoms with van der Waals surface area (Å²) in [6, 6.07) is 7.65. The SMILES string of the molecule is FC(F)c1nccn1-c1ccc[c]c1Cl. The zero-order chi connectivity index (χ0) is 10.8. The van der Waals surface area contributed by atoms with E-state index in [1.165, 1.54) is 17.0 Å². The molecule has 0 amide bonds. The summed E-state index contributed by atoms with van der Waals surface area (Å²) >= 11 is 5.84. The highest BCUT2D eigenvalue weighted by molar-refractivity contribution is 6.32. The van der Waals surface area contributed by atoms with E-state index in [1.54, 1.807) is 18.2 Å². The van der Waals surface area contributed by atoms with Crippen LogP contribution in [0.25, 0.3) is 5.69 Å². The number of benzene rings is 1. The molecular weight excluding hydrogens is 222 g/mol. The molecule has 0 N–H and O–H groups in total. The summed E-state index contributed by atoms with van der Waals surface area (Å²) in [4.78, 5) is 3.57. The van der Waals surface area contributed by atoms with Gasteiger partial charge in [0.05, 0.1) is 10.7 Å². The molecule has 15 heavy (non-hydrogen) atoms. The van der Waals surface area contributed by atoms with Gasteiger partial charge in [-0.25, -0.2) is 13.8 Å². The van der Waals surface area contributed by atoms with Gasteiger partial charge in [-0.15, -0.1) is 0 Å². The lowest BCUT2D eigenvalue weighted by molar-refractivity contribution is 0.138. The molecule has 77 valence electrons. The van der Waals surface area contributed by atoms with Gasteiger partial charge in [-0.1, -0.05) is 23.7 Å². The minimum atomic E-state index is -2.63. The van der Waals surface area contributed by atoms with Crippen LogP contribution in [-0.4, -0.2) is 9.55 Å². The average molecular weight is 228 g/mol. The number of nitrogens with zero attached hydrogens (tertiary/aromatic N) is 2. The molecule has 0 unspecified atom stereocenters. The minimum Gasteiger partial charge on any atom is -0.297 e. The van der Waals surface area contributed by atoms with Crippen LogP contribution >= 0.6 is 11.6 Å². The van der Waals surface area contributed by atoms with Crippen LogP contribution < -0.4 is 0 Å². The van der Waals surface area contributed by atoms with Crippen LogP contribution in [0.2, 0.25) is 5.02 Å². The van der Waals surface area contributed by atoms with Crippen molar-refractivity contribution in [2.24, 2.45) is 0 Å². The first-order valence-corrected chi connectivity index (χ1v) is 4.56. The largest absolute Gasteiger partial charge is 0.297 e. The first kappa shape index (κ1) is 10.1. The Hall–Kier alpha value is -1.42. The average Bonchev–Trinajstić information content (AvgIpc) is 2.67. The third kappa shape index (κ3) is 1.85. The van der Waals surface area contributed by atoms with E-state index in [0.717, 1.165) is 0 Å². The number of imidazole rings is 1. The zero-order valence-electron chi connectivity index (χ0n) is 7.49. The molecule has 0 atom stereocenters. The topological polar surface area (TPSA) is 17.8 Å². The van der Waals surface area contributed by atoms with Crippen LogP contribution in [0, 0.1) is 6.07 Å². The van der Waals surface area contributed by atoms with E-state index in [0.29, 0.717) is 5.69 Å².